The van der Waals surface area contributed by atoms with Crippen molar-refractivity contribution in [2.45, 2.75) is 52.8 Å². The van der Waals surface area contributed by atoms with Gasteiger partial charge in [0, 0.05) is 6.92 Å². The van der Waals surface area contributed by atoms with Gasteiger partial charge in [0.25, 0.3) is 0 Å². The van der Waals surface area contributed by atoms with Crippen molar-refractivity contribution < 1.29 is 18.8 Å². The fraction of sp³-hybridized carbons (Fsp3) is 0.500. The Labute approximate surface area is 127 Å². The molecule has 4 nitrogen and oxygen atoms in total. The molecule has 0 aliphatic heterocycles. The second kappa shape index (κ2) is 6.01. The van der Waals surface area contributed by atoms with Crippen molar-refractivity contribution >= 4 is 20.6 Å². The third-order valence-electron chi connectivity index (χ3n) is 3.83. The number of hydrogen-bond acceptors (Lipinski definition) is 4. The Morgan fingerprint density at radius 2 is 1.81 bits per heavy atom. The molecule has 0 spiro atoms. The van der Waals surface area contributed by atoms with E-state index in [1.165, 1.54) is 6.92 Å². The van der Waals surface area contributed by atoms with E-state index < -0.39 is 14.3 Å². The van der Waals surface area contributed by atoms with Crippen molar-refractivity contribution in [2.75, 3.05) is 0 Å². The lowest BCUT2D eigenvalue weighted by Gasteiger charge is -2.36. The highest BCUT2D eigenvalue weighted by molar-refractivity contribution is 6.74. The number of rotatable bonds is 4. The Kier molecular flexibility index (Phi) is 4.99. The lowest BCUT2D eigenvalue weighted by Crippen LogP contribution is -2.43. The molecule has 21 heavy (non-hydrogen) atoms. The zero-order chi connectivity index (χ0) is 16.4. The minimum Gasteiger partial charge on any atom is -0.543 e. The standard InChI is InChI=1S/C16H24O4Si/c1-11-8-14(20-21(6,7)16(3,4)5)9-13(10-17)15(11)19-12(2)18/h8-10H,1-7H3. The van der Waals surface area contributed by atoms with Gasteiger partial charge in [-0.05, 0) is 42.8 Å². The Bertz CT molecular complexity index is 556. The number of aryl methyl sites for hydroxylation is 1. The topological polar surface area (TPSA) is 52.6 Å². The molecule has 1 aromatic carbocycles. The molecule has 0 aliphatic carbocycles. The van der Waals surface area contributed by atoms with Gasteiger partial charge in [-0.3, -0.25) is 9.59 Å². The van der Waals surface area contributed by atoms with E-state index in [9.17, 15) is 9.59 Å². The van der Waals surface area contributed by atoms with Gasteiger partial charge in [0.15, 0.2) is 6.29 Å². The predicted octanol–water partition coefficient (Wildman–Crippen LogP) is 4.12. The highest BCUT2D eigenvalue weighted by Crippen LogP contribution is 2.38. The summed E-state index contributed by atoms with van der Waals surface area (Å²) in [5.74, 6) is 0.511. The van der Waals surface area contributed by atoms with Crippen LogP contribution in [0.5, 0.6) is 11.5 Å². The average Bonchev–Trinajstić information content (AvgIpc) is 2.29. The van der Waals surface area contributed by atoms with Crippen LogP contribution in [0.25, 0.3) is 0 Å². The van der Waals surface area contributed by atoms with Crippen LogP contribution >= 0.6 is 0 Å². The van der Waals surface area contributed by atoms with E-state index in [-0.39, 0.29) is 5.04 Å². The molecular formula is C16H24O4Si. The largest absolute Gasteiger partial charge is 0.543 e. The van der Waals surface area contributed by atoms with Crippen LogP contribution in [0, 0.1) is 6.92 Å². The first-order valence-corrected chi connectivity index (χ1v) is 9.86. The Balaban J connectivity index is 3.21. The molecule has 0 heterocycles. The molecule has 0 atom stereocenters. The van der Waals surface area contributed by atoms with Crippen LogP contribution in [0.1, 0.15) is 43.6 Å². The first kappa shape index (κ1) is 17.4. The molecule has 116 valence electrons. The first-order valence-electron chi connectivity index (χ1n) is 6.95. The van der Waals surface area contributed by atoms with Gasteiger partial charge in [-0.15, -0.1) is 0 Å². The van der Waals surface area contributed by atoms with Crippen LogP contribution in [0.15, 0.2) is 12.1 Å². The van der Waals surface area contributed by atoms with E-state index in [2.05, 4.69) is 33.9 Å². The highest BCUT2D eigenvalue weighted by atomic mass is 28.4. The van der Waals surface area contributed by atoms with E-state index in [1.807, 2.05) is 6.07 Å². The summed E-state index contributed by atoms with van der Waals surface area (Å²) in [4.78, 5) is 22.4. The number of carbonyl (C=O) groups is 2. The third-order valence-corrected chi connectivity index (χ3v) is 8.19. The van der Waals surface area contributed by atoms with E-state index in [0.29, 0.717) is 28.9 Å². The van der Waals surface area contributed by atoms with Crippen molar-refractivity contribution in [2.24, 2.45) is 0 Å². The SMILES string of the molecule is CC(=O)Oc1c(C)cc(O[Si](C)(C)C(C)(C)C)cc1C=O. The molecule has 5 heteroatoms. The van der Waals surface area contributed by atoms with Gasteiger partial charge in [0.05, 0.1) is 5.56 Å². The number of carbonyl (C=O) groups excluding carboxylic acids is 2. The molecule has 0 amide bonds. The summed E-state index contributed by atoms with van der Waals surface area (Å²) in [5.41, 5.74) is 1.04. The lowest BCUT2D eigenvalue weighted by atomic mass is 10.1. The maximum atomic E-state index is 11.2. The van der Waals surface area contributed by atoms with E-state index in [1.54, 1.807) is 13.0 Å². The molecule has 0 aliphatic rings. The number of esters is 1. The molecule has 0 unspecified atom stereocenters. The van der Waals surface area contributed by atoms with E-state index in [4.69, 9.17) is 9.16 Å². The van der Waals surface area contributed by atoms with Crippen molar-refractivity contribution in [3.8, 4) is 11.5 Å². The molecule has 1 aromatic rings. The zero-order valence-electron chi connectivity index (χ0n) is 13.9. The third kappa shape index (κ3) is 4.17. The molecule has 0 saturated carbocycles. The summed E-state index contributed by atoms with van der Waals surface area (Å²) in [6.07, 6.45) is 0.684. The highest BCUT2D eigenvalue weighted by Gasteiger charge is 2.39. The molecule has 0 radical (unpaired) electrons. The van der Waals surface area contributed by atoms with Gasteiger partial charge >= 0.3 is 5.97 Å². The van der Waals surface area contributed by atoms with Crippen LogP contribution < -0.4 is 9.16 Å². The van der Waals surface area contributed by atoms with E-state index in [0.717, 1.165) is 0 Å². The quantitative estimate of drug-likeness (QED) is 0.363. The molecule has 0 bridgehead atoms. The van der Waals surface area contributed by atoms with Gasteiger partial charge in [0.1, 0.15) is 11.5 Å². The van der Waals surface area contributed by atoms with Gasteiger partial charge in [-0.25, -0.2) is 0 Å². The normalized spacial score (nSPS) is 12.0. The molecule has 0 aromatic heterocycles. The number of aldehydes is 1. The Morgan fingerprint density at radius 1 is 1.24 bits per heavy atom. The maximum absolute atomic E-state index is 11.2. The van der Waals surface area contributed by atoms with Crippen LogP contribution in [-0.4, -0.2) is 20.6 Å². The van der Waals surface area contributed by atoms with Crippen molar-refractivity contribution in [1.29, 1.82) is 0 Å². The minimum atomic E-state index is -1.98. The number of hydrogen-bond donors (Lipinski definition) is 0. The maximum Gasteiger partial charge on any atom is 0.308 e. The van der Waals surface area contributed by atoms with Crippen LogP contribution in [-0.2, 0) is 4.79 Å². The monoisotopic (exact) mass is 308 g/mol. The Morgan fingerprint density at radius 3 is 2.24 bits per heavy atom. The lowest BCUT2D eigenvalue weighted by molar-refractivity contribution is -0.131. The summed E-state index contributed by atoms with van der Waals surface area (Å²) in [6.45, 7) is 13.9. The molecule has 0 N–H and O–H groups in total. The minimum absolute atomic E-state index is 0.0663. The van der Waals surface area contributed by atoms with Crippen molar-refractivity contribution in [3.63, 3.8) is 0 Å². The van der Waals surface area contributed by atoms with E-state index >= 15 is 0 Å². The van der Waals surface area contributed by atoms with Crippen LogP contribution in [0.2, 0.25) is 18.1 Å². The fourth-order valence-corrected chi connectivity index (χ4v) is 2.66. The molecule has 0 saturated heterocycles. The second-order valence-electron chi connectivity index (χ2n) is 6.73. The predicted molar refractivity (Wildman–Crippen MR) is 85.7 cm³/mol. The number of ether oxygens (including phenoxy) is 1. The van der Waals surface area contributed by atoms with Crippen LogP contribution in [0.3, 0.4) is 0 Å². The van der Waals surface area contributed by atoms with Gasteiger partial charge in [0.2, 0.25) is 8.32 Å². The fourth-order valence-electron chi connectivity index (χ4n) is 1.64. The molecule has 1 rings (SSSR count). The Hall–Kier alpha value is -1.62. The van der Waals surface area contributed by atoms with Crippen molar-refractivity contribution in [3.05, 3.63) is 23.3 Å². The van der Waals surface area contributed by atoms with Gasteiger partial charge < -0.3 is 9.16 Å². The zero-order valence-corrected chi connectivity index (χ0v) is 14.9. The summed E-state index contributed by atoms with van der Waals surface area (Å²) >= 11 is 0. The average molecular weight is 308 g/mol. The first-order chi connectivity index (χ1) is 9.48. The second-order valence-corrected chi connectivity index (χ2v) is 11.5. The smallest absolute Gasteiger partial charge is 0.308 e. The summed E-state index contributed by atoms with van der Waals surface area (Å²) < 4.78 is 11.3. The molecule has 0 fully saturated rings. The summed E-state index contributed by atoms with van der Waals surface area (Å²) in [6, 6.07) is 3.45. The van der Waals surface area contributed by atoms with Gasteiger partial charge in [-0.2, -0.15) is 0 Å². The summed E-state index contributed by atoms with van der Waals surface area (Å²) in [7, 11) is -1.98. The van der Waals surface area contributed by atoms with Gasteiger partial charge in [-0.1, -0.05) is 20.8 Å². The summed E-state index contributed by atoms with van der Waals surface area (Å²) in [5, 5.41) is 0.0663. The number of benzene rings is 1. The molecular weight excluding hydrogens is 284 g/mol. The van der Waals surface area contributed by atoms with Crippen molar-refractivity contribution in [1.82, 2.24) is 0 Å². The van der Waals surface area contributed by atoms with Crippen LogP contribution in [0.4, 0.5) is 0 Å².